The van der Waals surface area contributed by atoms with Gasteiger partial charge in [-0.3, -0.25) is 14.4 Å². The van der Waals surface area contributed by atoms with E-state index in [4.69, 9.17) is 14.2 Å². The summed E-state index contributed by atoms with van der Waals surface area (Å²) < 4.78 is 16.7. The Morgan fingerprint density at radius 2 is 0.661 bits per heavy atom. The number of unbranched alkanes of at least 4 members (excludes halogenated alkanes) is 26. The van der Waals surface area contributed by atoms with Gasteiger partial charge in [0.25, 0.3) is 0 Å². The molecule has 0 aliphatic rings. The number of carbonyl (C=O) groups excluding carboxylic acids is 3. The molecule has 0 heterocycles. The Kier molecular flexibility index (Phi) is 45.9. The van der Waals surface area contributed by atoms with Crippen LogP contribution in [0.25, 0.3) is 0 Å². The average molecular weight is 827 g/mol. The van der Waals surface area contributed by atoms with Crippen molar-refractivity contribution in [2.45, 2.75) is 258 Å². The van der Waals surface area contributed by atoms with Crippen molar-refractivity contribution in [1.29, 1.82) is 0 Å². The van der Waals surface area contributed by atoms with Gasteiger partial charge >= 0.3 is 17.9 Å². The van der Waals surface area contributed by atoms with Crippen molar-refractivity contribution in [1.82, 2.24) is 0 Å². The first-order valence-corrected chi connectivity index (χ1v) is 25.1. The number of allylic oxidation sites excluding steroid dienone is 8. The number of rotatable bonds is 45. The minimum absolute atomic E-state index is 0.0776. The molecule has 0 saturated heterocycles. The molecule has 0 aromatic carbocycles. The first kappa shape index (κ1) is 56.4. The lowest BCUT2D eigenvalue weighted by molar-refractivity contribution is -0.167. The van der Waals surface area contributed by atoms with E-state index in [1.54, 1.807) is 0 Å². The summed E-state index contributed by atoms with van der Waals surface area (Å²) in [6.07, 6.45) is 57.0. The largest absolute Gasteiger partial charge is 0.462 e. The van der Waals surface area contributed by atoms with E-state index in [0.29, 0.717) is 19.3 Å². The molecule has 0 fully saturated rings. The molecule has 0 rings (SSSR count). The van der Waals surface area contributed by atoms with Crippen LogP contribution in [0.5, 0.6) is 0 Å². The maximum absolute atomic E-state index is 12.7. The van der Waals surface area contributed by atoms with E-state index in [1.807, 2.05) is 0 Å². The van der Waals surface area contributed by atoms with Gasteiger partial charge in [-0.2, -0.15) is 0 Å². The van der Waals surface area contributed by atoms with Crippen LogP contribution in [0.4, 0.5) is 0 Å². The molecule has 0 radical (unpaired) electrons. The number of esters is 3. The monoisotopic (exact) mass is 827 g/mol. The summed E-state index contributed by atoms with van der Waals surface area (Å²) in [7, 11) is 0. The molecule has 1 unspecified atom stereocenters. The smallest absolute Gasteiger partial charge is 0.306 e. The molecular weight excluding hydrogens is 733 g/mol. The third-order valence-corrected chi connectivity index (χ3v) is 10.8. The highest BCUT2D eigenvalue weighted by Crippen LogP contribution is 2.15. The minimum atomic E-state index is -0.773. The normalized spacial score (nSPS) is 12.4. The molecule has 0 aromatic rings. The van der Waals surface area contributed by atoms with Gasteiger partial charge in [-0.05, 0) is 77.0 Å². The van der Waals surface area contributed by atoms with Crippen LogP contribution < -0.4 is 0 Å². The van der Waals surface area contributed by atoms with Gasteiger partial charge in [0.2, 0.25) is 0 Å². The Balaban J connectivity index is 4.17. The van der Waals surface area contributed by atoms with Gasteiger partial charge in [0.05, 0.1) is 0 Å². The summed E-state index contributed by atoms with van der Waals surface area (Å²) in [5.74, 6) is -0.899. The molecule has 6 heteroatoms. The lowest BCUT2D eigenvalue weighted by Crippen LogP contribution is -2.30. The minimum Gasteiger partial charge on any atom is -0.462 e. The standard InChI is InChI=1S/C53H94O6/c1-4-7-10-13-15-17-19-21-23-25-26-28-29-31-33-35-37-40-43-46-52(55)58-49-50(48-57-51(54)45-42-39-12-9-6-3)59-53(56)47-44-41-38-36-34-32-30-27-24-22-20-18-16-14-11-8-5-2/h8,11,16,18,21-24,50H,4-7,9-10,12-15,17,19-20,25-49H2,1-3H3/b11-8-,18-16-,23-21-,24-22-. The summed E-state index contributed by atoms with van der Waals surface area (Å²) in [5, 5.41) is 0. The predicted molar refractivity (Wildman–Crippen MR) is 252 cm³/mol. The van der Waals surface area contributed by atoms with Crippen molar-refractivity contribution in [3.63, 3.8) is 0 Å². The van der Waals surface area contributed by atoms with Gasteiger partial charge < -0.3 is 14.2 Å². The summed E-state index contributed by atoms with van der Waals surface area (Å²) in [5.41, 5.74) is 0. The fraction of sp³-hybridized carbons (Fsp3) is 0.792. The average Bonchev–Trinajstić information content (AvgIpc) is 3.23. The van der Waals surface area contributed by atoms with Crippen LogP contribution >= 0.6 is 0 Å². The zero-order valence-electron chi connectivity index (χ0n) is 39.0. The first-order valence-electron chi connectivity index (χ1n) is 25.1. The van der Waals surface area contributed by atoms with Crippen molar-refractivity contribution in [3.05, 3.63) is 48.6 Å². The summed E-state index contributed by atoms with van der Waals surface area (Å²) in [6.45, 7) is 6.44. The van der Waals surface area contributed by atoms with E-state index >= 15 is 0 Å². The van der Waals surface area contributed by atoms with Gasteiger partial charge in [0, 0.05) is 19.3 Å². The van der Waals surface area contributed by atoms with Crippen molar-refractivity contribution in [3.8, 4) is 0 Å². The zero-order valence-corrected chi connectivity index (χ0v) is 39.0. The number of hydrogen-bond donors (Lipinski definition) is 0. The summed E-state index contributed by atoms with van der Waals surface area (Å²) in [6, 6.07) is 0. The fourth-order valence-electron chi connectivity index (χ4n) is 7.04. The van der Waals surface area contributed by atoms with Gasteiger partial charge in [-0.15, -0.1) is 0 Å². The maximum atomic E-state index is 12.7. The van der Waals surface area contributed by atoms with Crippen LogP contribution in [0.2, 0.25) is 0 Å². The van der Waals surface area contributed by atoms with Crippen LogP contribution in [0.1, 0.15) is 252 Å². The third-order valence-electron chi connectivity index (χ3n) is 10.8. The van der Waals surface area contributed by atoms with E-state index in [-0.39, 0.29) is 31.1 Å². The van der Waals surface area contributed by atoms with Crippen LogP contribution in [0.3, 0.4) is 0 Å². The second-order valence-corrected chi connectivity index (χ2v) is 16.7. The Hall–Kier alpha value is -2.63. The quantitative estimate of drug-likeness (QED) is 0.0263. The van der Waals surface area contributed by atoms with E-state index in [1.165, 1.54) is 122 Å². The Bertz CT molecular complexity index is 1040. The summed E-state index contributed by atoms with van der Waals surface area (Å²) in [4.78, 5) is 37.6. The fourth-order valence-corrected chi connectivity index (χ4v) is 7.04. The molecule has 1 atom stereocenters. The second-order valence-electron chi connectivity index (χ2n) is 16.7. The second kappa shape index (κ2) is 48.0. The summed E-state index contributed by atoms with van der Waals surface area (Å²) >= 11 is 0. The highest BCUT2D eigenvalue weighted by Gasteiger charge is 2.19. The zero-order chi connectivity index (χ0) is 43.0. The SMILES string of the molecule is CC/C=C\C/C=C\C/C=C\CCCCCCCCCC(=O)OC(COC(=O)CCCCCCC)COC(=O)CCCCCCCCCCC/C=C\CCCCCCCC. The van der Waals surface area contributed by atoms with Gasteiger partial charge in [-0.25, -0.2) is 0 Å². The Morgan fingerprint density at radius 1 is 0.356 bits per heavy atom. The highest BCUT2D eigenvalue weighted by atomic mass is 16.6. The first-order chi connectivity index (χ1) is 29.0. The number of carbonyl (C=O) groups is 3. The predicted octanol–water partition coefficient (Wildman–Crippen LogP) is 16.3. The molecule has 0 aliphatic heterocycles. The van der Waals surface area contributed by atoms with E-state index in [2.05, 4.69) is 69.4 Å². The third kappa shape index (κ3) is 46.3. The van der Waals surface area contributed by atoms with Gasteiger partial charge in [0.1, 0.15) is 13.2 Å². The Labute approximate surface area is 365 Å². The molecule has 0 spiro atoms. The molecule has 59 heavy (non-hydrogen) atoms. The van der Waals surface area contributed by atoms with Crippen LogP contribution in [-0.4, -0.2) is 37.2 Å². The molecule has 6 nitrogen and oxygen atoms in total. The lowest BCUT2D eigenvalue weighted by atomic mass is 10.1. The molecule has 0 aromatic heterocycles. The molecule has 0 saturated carbocycles. The van der Waals surface area contributed by atoms with Crippen LogP contribution in [0.15, 0.2) is 48.6 Å². The van der Waals surface area contributed by atoms with E-state index in [9.17, 15) is 14.4 Å². The van der Waals surface area contributed by atoms with Crippen LogP contribution in [0, 0.1) is 0 Å². The maximum Gasteiger partial charge on any atom is 0.306 e. The Morgan fingerprint density at radius 3 is 1.05 bits per heavy atom. The van der Waals surface area contributed by atoms with Crippen molar-refractivity contribution < 1.29 is 28.6 Å². The van der Waals surface area contributed by atoms with Crippen LogP contribution in [-0.2, 0) is 28.6 Å². The molecule has 342 valence electrons. The number of ether oxygens (including phenoxy) is 3. The number of hydrogen-bond acceptors (Lipinski definition) is 6. The topological polar surface area (TPSA) is 78.9 Å². The van der Waals surface area contributed by atoms with Crippen molar-refractivity contribution in [2.24, 2.45) is 0 Å². The molecule has 0 aliphatic carbocycles. The molecule has 0 N–H and O–H groups in total. The van der Waals surface area contributed by atoms with E-state index < -0.39 is 6.10 Å². The molecule has 0 bridgehead atoms. The molecular formula is C53H94O6. The van der Waals surface area contributed by atoms with Crippen molar-refractivity contribution in [2.75, 3.05) is 13.2 Å². The van der Waals surface area contributed by atoms with Gasteiger partial charge in [0.15, 0.2) is 6.10 Å². The van der Waals surface area contributed by atoms with Gasteiger partial charge in [-0.1, -0.05) is 204 Å². The lowest BCUT2D eigenvalue weighted by Gasteiger charge is -2.18. The highest BCUT2D eigenvalue weighted by molar-refractivity contribution is 5.71. The van der Waals surface area contributed by atoms with E-state index in [0.717, 1.165) is 89.9 Å². The molecule has 0 amide bonds. The van der Waals surface area contributed by atoms with Crippen molar-refractivity contribution >= 4 is 17.9 Å².